The first-order valence-electron chi connectivity index (χ1n) is 12.1. The molecule has 1 aliphatic heterocycles. The number of ether oxygens (including phenoxy) is 2. The standard InChI is InChI=1S/C27H32N6O3/c1-19-7-5-9-23(20(19)2)31-12-14-32(15-13-31)26(21-10-11-24(34-3)25(17-21)35-4)27-28-29-30-33(27)18-22-8-6-16-36-22/h5-11,16-17,26H,12-15,18H2,1-4H3. The molecule has 2 aromatic carbocycles. The van der Waals surface area contributed by atoms with Gasteiger partial charge in [0.05, 0.1) is 26.5 Å². The molecule has 3 heterocycles. The quantitative estimate of drug-likeness (QED) is 0.370. The summed E-state index contributed by atoms with van der Waals surface area (Å²) in [7, 11) is 3.30. The number of aromatic nitrogens is 4. The summed E-state index contributed by atoms with van der Waals surface area (Å²) in [5, 5.41) is 12.8. The highest BCUT2D eigenvalue weighted by Crippen LogP contribution is 2.35. The number of hydrogen-bond acceptors (Lipinski definition) is 8. The van der Waals surface area contributed by atoms with Crippen molar-refractivity contribution in [1.29, 1.82) is 0 Å². The minimum atomic E-state index is -0.157. The lowest BCUT2D eigenvalue weighted by Crippen LogP contribution is -2.48. The van der Waals surface area contributed by atoms with Crippen LogP contribution in [0.1, 0.15) is 34.3 Å². The van der Waals surface area contributed by atoms with Gasteiger partial charge < -0.3 is 18.8 Å². The van der Waals surface area contributed by atoms with Gasteiger partial charge in [-0.25, -0.2) is 4.68 Å². The monoisotopic (exact) mass is 488 g/mol. The largest absolute Gasteiger partial charge is 0.493 e. The minimum absolute atomic E-state index is 0.157. The number of methoxy groups -OCH3 is 2. The molecule has 4 aromatic rings. The number of aryl methyl sites for hydroxylation is 1. The third-order valence-electron chi connectivity index (χ3n) is 7.01. The maximum absolute atomic E-state index is 5.62. The highest BCUT2D eigenvalue weighted by atomic mass is 16.5. The fourth-order valence-corrected chi connectivity index (χ4v) is 4.92. The fraction of sp³-hybridized carbons (Fsp3) is 0.370. The number of piperazine rings is 1. The molecule has 5 rings (SSSR count). The van der Waals surface area contributed by atoms with Gasteiger partial charge in [-0.3, -0.25) is 4.90 Å². The van der Waals surface area contributed by atoms with Gasteiger partial charge >= 0.3 is 0 Å². The molecular weight excluding hydrogens is 456 g/mol. The Bertz CT molecular complexity index is 1290. The lowest BCUT2D eigenvalue weighted by Gasteiger charge is -2.40. The highest BCUT2D eigenvalue weighted by molar-refractivity contribution is 5.56. The van der Waals surface area contributed by atoms with Crippen LogP contribution in [0.3, 0.4) is 0 Å². The van der Waals surface area contributed by atoms with E-state index in [2.05, 4.69) is 63.4 Å². The van der Waals surface area contributed by atoms with Crippen molar-refractivity contribution in [2.45, 2.75) is 26.4 Å². The molecule has 1 atom stereocenters. The Balaban J connectivity index is 1.47. The van der Waals surface area contributed by atoms with Crippen LogP contribution in [-0.4, -0.2) is 65.5 Å². The molecule has 9 nitrogen and oxygen atoms in total. The molecule has 1 saturated heterocycles. The van der Waals surface area contributed by atoms with E-state index >= 15 is 0 Å². The Kier molecular flexibility index (Phi) is 6.90. The van der Waals surface area contributed by atoms with Gasteiger partial charge in [0.25, 0.3) is 0 Å². The Hall–Kier alpha value is -3.85. The second kappa shape index (κ2) is 10.4. The Labute approximate surface area is 211 Å². The van der Waals surface area contributed by atoms with E-state index in [1.54, 1.807) is 20.5 Å². The summed E-state index contributed by atoms with van der Waals surface area (Å²) in [6, 6.07) is 16.2. The molecule has 0 radical (unpaired) electrons. The van der Waals surface area contributed by atoms with Gasteiger partial charge in [-0.1, -0.05) is 18.2 Å². The van der Waals surface area contributed by atoms with E-state index in [-0.39, 0.29) is 6.04 Å². The first kappa shape index (κ1) is 23.9. The van der Waals surface area contributed by atoms with Gasteiger partial charge in [0.15, 0.2) is 17.3 Å². The third-order valence-corrected chi connectivity index (χ3v) is 7.01. The first-order valence-corrected chi connectivity index (χ1v) is 12.1. The zero-order chi connectivity index (χ0) is 25.1. The summed E-state index contributed by atoms with van der Waals surface area (Å²) in [5.41, 5.74) is 5.00. The van der Waals surface area contributed by atoms with Crippen LogP contribution < -0.4 is 14.4 Å². The van der Waals surface area contributed by atoms with Crippen LogP contribution in [-0.2, 0) is 6.54 Å². The molecule has 1 aliphatic rings. The summed E-state index contributed by atoms with van der Waals surface area (Å²) in [5.74, 6) is 2.93. The number of anilines is 1. The van der Waals surface area contributed by atoms with Crippen LogP contribution in [0.4, 0.5) is 5.69 Å². The lowest BCUT2D eigenvalue weighted by atomic mass is 10.0. The fourth-order valence-electron chi connectivity index (χ4n) is 4.92. The Morgan fingerprint density at radius 2 is 1.75 bits per heavy atom. The lowest BCUT2D eigenvalue weighted by molar-refractivity contribution is 0.200. The maximum atomic E-state index is 5.62. The third kappa shape index (κ3) is 4.66. The molecule has 0 spiro atoms. The maximum Gasteiger partial charge on any atom is 0.173 e. The summed E-state index contributed by atoms with van der Waals surface area (Å²) in [6.45, 7) is 8.37. The summed E-state index contributed by atoms with van der Waals surface area (Å²) in [4.78, 5) is 4.91. The first-order chi connectivity index (χ1) is 17.6. The van der Waals surface area contributed by atoms with Crippen LogP contribution in [0.15, 0.2) is 59.2 Å². The molecule has 36 heavy (non-hydrogen) atoms. The van der Waals surface area contributed by atoms with Gasteiger partial charge in [-0.2, -0.15) is 0 Å². The number of benzene rings is 2. The zero-order valence-corrected chi connectivity index (χ0v) is 21.2. The molecule has 188 valence electrons. The van der Waals surface area contributed by atoms with Crippen LogP contribution >= 0.6 is 0 Å². The van der Waals surface area contributed by atoms with Crippen molar-refractivity contribution in [1.82, 2.24) is 25.1 Å². The van der Waals surface area contributed by atoms with E-state index in [0.717, 1.165) is 43.3 Å². The molecule has 9 heteroatoms. The molecule has 0 N–H and O–H groups in total. The molecule has 0 amide bonds. The van der Waals surface area contributed by atoms with Crippen molar-refractivity contribution in [2.75, 3.05) is 45.3 Å². The van der Waals surface area contributed by atoms with E-state index in [9.17, 15) is 0 Å². The Morgan fingerprint density at radius 1 is 0.944 bits per heavy atom. The average molecular weight is 489 g/mol. The van der Waals surface area contributed by atoms with Crippen molar-refractivity contribution in [3.8, 4) is 11.5 Å². The molecule has 1 unspecified atom stereocenters. The van der Waals surface area contributed by atoms with Crippen LogP contribution in [0, 0.1) is 13.8 Å². The summed E-state index contributed by atoms with van der Waals surface area (Å²) in [6.07, 6.45) is 1.66. The number of tetrazole rings is 1. The van der Waals surface area contributed by atoms with Crippen LogP contribution in [0.5, 0.6) is 11.5 Å². The summed E-state index contributed by atoms with van der Waals surface area (Å²) >= 11 is 0. The molecule has 0 bridgehead atoms. The molecular formula is C27H32N6O3. The number of rotatable bonds is 8. The van der Waals surface area contributed by atoms with E-state index < -0.39 is 0 Å². The van der Waals surface area contributed by atoms with Crippen LogP contribution in [0.25, 0.3) is 0 Å². The van der Waals surface area contributed by atoms with E-state index in [0.29, 0.717) is 18.0 Å². The van der Waals surface area contributed by atoms with Crippen molar-refractivity contribution < 1.29 is 13.9 Å². The molecule has 0 aliphatic carbocycles. The Morgan fingerprint density at radius 3 is 2.47 bits per heavy atom. The zero-order valence-electron chi connectivity index (χ0n) is 21.2. The smallest absolute Gasteiger partial charge is 0.173 e. The van der Waals surface area contributed by atoms with Crippen molar-refractivity contribution in [2.24, 2.45) is 0 Å². The SMILES string of the molecule is COc1ccc(C(c2nnnn2Cc2ccco2)N2CCN(c3cccc(C)c3C)CC2)cc1OC. The second-order valence-electron chi connectivity index (χ2n) is 9.03. The van der Waals surface area contributed by atoms with Gasteiger partial charge in [-0.15, -0.1) is 5.10 Å². The van der Waals surface area contributed by atoms with Gasteiger partial charge in [-0.05, 0) is 71.3 Å². The van der Waals surface area contributed by atoms with E-state index in [1.807, 2.05) is 28.9 Å². The molecule has 2 aromatic heterocycles. The van der Waals surface area contributed by atoms with Crippen molar-refractivity contribution in [3.05, 3.63) is 83.1 Å². The van der Waals surface area contributed by atoms with E-state index in [1.165, 1.54) is 16.8 Å². The average Bonchev–Trinajstić information content (AvgIpc) is 3.59. The highest BCUT2D eigenvalue weighted by Gasteiger charge is 2.32. The van der Waals surface area contributed by atoms with Gasteiger partial charge in [0.2, 0.25) is 0 Å². The number of nitrogens with zero attached hydrogens (tertiary/aromatic N) is 6. The summed E-state index contributed by atoms with van der Waals surface area (Å²) < 4.78 is 18.5. The number of hydrogen-bond donors (Lipinski definition) is 0. The minimum Gasteiger partial charge on any atom is -0.493 e. The molecule has 1 fully saturated rings. The van der Waals surface area contributed by atoms with Crippen molar-refractivity contribution >= 4 is 5.69 Å². The number of furan rings is 1. The van der Waals surface area contributed by atoms with Crippen LogP contribution in [0.2, 0.25) is 0 Å². The normalized spacial score (nSPS) is 15.2. The predicted octanol–water partition coefficient (Wildman–Crippen LogP) is 3.86. The van der Waals surface area contributed by atoms with Gasteiger partial charge in [0, 0.05) is 31.9 Å². The van der Waals surface area contributed by atoms with E-state index in [4.69, 9.17) is 13.9 Å². The second-order valence-corrected chi connectivity index (χ2v) is 9.03. The van der Waals surface area contributed by atoms with Crippen molar-refractivity contribution in [3.63, 3.8) is 0 Å². The predicted molar refractivity (Wildman–Crippen MR) is 137 cm³/mol. The molecule has 0 saturated carbocycles. The topological polar surface area (TPSA) is 81.7 Å². The van der Waals surface area contributed by atoms with Gasteiger partial charge in [0.1, 0.15) is 12.3 Å².